The van der Waals surface area contributed by atoms with E-state index in [1.807, 2.05) is 0 Å². The standard InChI is InChI=1S/C19H18Cl2N2O5/c1-12(24)28-15-4-2-3-13(9-15)19(26)23-8-7-22-18(25)11-27-17-6-5-14(20)10-16(17)21/h2-6,9-10H,7-8,11H2,1H3,(H,22,25)(H,23,26). The Kier molecular flexibility index (Phi) is 8.10. The van der Waals surface area contributed by atoms with E-state index in [1.54, 1.807) is 30.3 Å². The van der Waals surface area contributed by atoms with E-state index in [-0.39, 0.29) is 37.3 Å². The summed E-state index contributed by atoms with van der Waals surface area (Å²) in [5.74, 6) is -0.555. The molecular weight excluding hydrogens is 407 g/mol. The van der Waals surface area contributed by atoms with Crippen molar-refractivity contribution in [1.29, 1.82) is 0 Å². The van der Waals surface area contributed by atoms with Crippen LogP contribution in [-0.2, 0) is 9.59 Å². The van der Waals surface area contributed by atoms with Crippen LogP contribution in [0.4, 0.5) is 0 Å². The minimum atomic E-state index is -0.470. The molecule has 2 rings (SSSR count). The summed E-state index contributed by atoms with van der Waals surface area (Å²) >= 11 is 11.7. The Balaban J connectivity index is 1.71. The number of carbonyl (C=O) groups excluding carboxylic acids is 3. The fraction of sp³-hybridized carbons (Fsp3) is 0.211. The van der Waals surface area contributed by atoms with Gasteiger partial charge in [-0.3, -0.25) is 14.4 Å². The average molecular weight is 425 g/mol. The lowest BCUT2D eigenvalue weighted by Gasteiger charge is -2.10. The maximum atomic E-state index is 12.1. The summed E-state index contributed by atoms with van der Waals surface area (Å²) in [7, 11) is 0. The molecule has 2 aromatic carbocycles. The predicted octanol–water partition coefficient (Wildman–Crippen LogP) is 2.84. The highest BCUT2D eigenvalue weighted by molar-refractivity contribution is 6.35. The number of hydrogen-bond donors (Lipinski definition) is 2. The largest absolute Gasteiger partial charge is 0.482 e. The Bertz CT molecular complexity index is 873. The molecule has 0 heterocycles. The van der Waals surface area contributed by atoms with Crippen LogP contribution in [0.5, 0.6) is 11.5 Å². The zero-order valence-corrected chi connectivity index (χ0v) is 16.5. The van der Waals surface area contributed by atoms with Gasteiger partial charge in [0.05, 0.1) is 5.02 Å². The van der Waals surface area contributed by atoms with E-state index in [9.17, 15) is 14.4 Å². The molecule has 0 aliphatic heterocycles. The second kappa shape index (κ2) is 10.5. The molecule has 0 aliphatic rings. The first-order chi connectivity index (χ1) is 13.3. The summed E-state index contributed by atoms with van der Waals surface area (Å²) in [5.41, 5.74) is 0.339. The van der Waals surface area contributed by atoms with E-state index >= 15 is 0 Å². The van der Waals surface area contributed by atoms with Crippen molar-refractivity contribution in [2.45, 2.75) is 6.92 Å². The minimum absolute atomic E-state index is 0.212. The molecule has 0 aliphatic carbocycles. The zero-order valence-electron chi connectivity index (χ0n) is 15.0. The van der Waals surface area contributed by atoms with E-state index in [2.05, 4.69) is 10.6 Å². The van der Waals surface area contributed by atoms with Gasteiger partial charge in [0.1, 0.15) is 11.5 Å². The van der Waals surface area contributed by atoms with Crippen molar-refractivity contribution in [3.63, 3.8) is 0 Å². The number of esters is 1. The Morgan fingerprint density at radius 2 is 1.75 bits per heavy atom. The third-order valence-electron chi connectivity index (χ3n) is 3.34. The van der Waals surface area contributed by atoms with Crippen molar-refractivity contribution in [3.8, 4) is 11.5 Å². The van der Waals surface area contributed by atoms with Crippen LogP contribution >= 0.6 is 23.2 Å². The lowest BCUT2D eigenvalue weighted by molar-refractivity contribution is -0.131. The van der Waals surface area contributed by atoms with Gasteiger partial charge in [-0.15, -0.1) is 0 Å². The second-order valence-corrected chi connectivity index (χ2v) is 6.43. The molecule has 0 saturated heterocycles. The monoisotopic (exact) mass is 424 g/mol. The van der Waals surface area contributed by atoms with Crippen LogP contribution in [0.1, 0.15) is 17.3 Å². The highest BCUT2D eigenvalue weighted by atomic mass is 35.5. The van der Waals surface area contributed by atoms with Crippen molar-refractivity contribution < 1.29 is 23.9 Å². The lowest BCUT2D eigenvalue weighted by atomic mass is 10.2. The molecule has 0 radical (unpaired) electrons. The third kappa shape index (κ3) is 7.09. The van der Waals surface area contributed by atoms with E-state index in [0.717, 1.165) is 0 Å². The van der Waals surface area contributed by atoms with Crippen LogP contribution in [0.25, 0.3) is 0 Å². The Morgan fingerprint density at radius 3 is 2.46 bits per heavy atom. The smallest absolute Gasteiger partial charge is 0.308 e. The third-order valence-corrected chi connectivity index (χ3v) is 3.87. The predicted molar refractivity (Wildman–Crippen MR) is 105 cm³/mol. The van der Waals surface area contributed by atoms with Gasteiger partial charge in [0.2, 0.25) is 0 Å². The molecule has 9 heteroatoms. The van der Waals surface area contributed by atoms with E-state index < -0.39 is 5.97 Å². The molecule has 148 valence electrons. The summed E-state index contributed by atoms with van der Waals surface area (Å²) < 4.78 is 10.2. The van der Waals surface area contributed by atoms with Gasteiger partial charge in [0, 0.05) is 30.6 Å². The SMILES string of the molecule is CC(=O)Oc1cccc(C(=O)NCCNC(=O)COc2ccc(Cl)cc2Cl)c1. The molecular formula is C19H18Cl2N2O5. The second-order valence-electron chi connectivity index (χ2n) is 5.59. The highest BCUT2D eigenvalue weighted by Gasteiger charge is 2.09. The summed E-state index contributed by atoms with van der Waals surface area (Å²) in [6.07, 6.45) is 0. The van der Waals surface area contributed by atoms with Gasteiger partial charge in [-0.05, 0) is 36.4 Å². The van der Waals surface area contributed by atoms with Crippen LogP contribution in [0, 0.1) is 0 Å². The van der Waals surface area contributed by atoms with E-state index in [0.29, 0.717) is 21.4 Å². The summed E-state index contributed by atoms with van der Waals surface area (Å²) in [4.78, 5) is 34.8. The number of benzene rings is 2. The van der Waals surface area contributed by atoms with Crippen LogP contribution < -0.4 is 20.1 Å². The van der Waals surface area contributed by atoms with Gasteiger partial charge in [-0.1, -0.05) is 29.3 Å². The fourth-order valence-electron chi connectivity index (χ4n) is 2.13. The average Bonchev–Trinajstić information content (AvgIpc) is 2.64. The van der Waals surface area contributed by atoms with Crippen molar-refractivity contribution >= 4 is 41.0 Å². The normalized spacial score (nSPS) is 10.1. The molecule has 28 heavy (non-hydrogen) atoms. The van der Waals surface area contributed by atoms with Gasteiger partial charge in [-0.25, -0.2) is 0 Å². The Morgan fingerprint density at radius 1 is 1.00 bits per heavy atom. The van der Waals surface area contributed by atoms with Crippen LogP contribution in [0.3, 0.4) is 0 Å². The van der Waals surface area contributed by atoms with Crippen molar-refractivity contribution in [1.82, 2.24) is 10.6 Å². The molecule has 0 aromatic heterocycles. The first kappa shape index (κ1) is 21.5. The summed E-state index contributed by atoms with van der Waals surface area (Å²) in [5, 5.41) is 6.04. The molecule has 2 amide bonds. The first-order valence-electron chi connectivity index (χ1n) is 8.26. The molecule has 2 aromatic rings. The number of rotatable bonds is 8. The number of hydrogen-bond acceptors (Lipinski definition) is 5. The molecule has 2 N–H and O–H groups in total. The van der Waals surface area contributed by atoms with Crippen molar-refractivity contribution in [2.75, 3.05) is 19.7 Å². The quantitative estimate of drug-likeness (QED) is 0.386. The molecule has 0 fully saturated rings. The zero-order chi connectivity index (χ0) is 20.5. The highest BCUT2D eigenvalue weighted by Crippen LogP contribution is 2.27. The van der Waals surface area contributed by atoms with Crippen LogP contribution in [0.15, 0.2) is 42.5 Å². The lowest BCUT2D eigenvalue weighted by Crippen LogP contribution is -2.36. The number of amides is 2. The molecule has 0 unspecified atom stereocenters. The van der Waals surface area contributed by atoms with Crippen LogP contribution in [0.2, 0.25) is 10.0 Å². The van der Waals surface area contributed by atoms with Crippen molar-refractivity contribution in [2.24, 2.45) is 0 Å². The van der Waals surface area contributed by atoms with Gasteiger partial charge < -0.3 is 20.1 Å². The van der Waals surface area contributed by atoms with Gasteiger partial charge >= 0.3 is 5.97 Å². The molecule has 0 saturated carbocycles. The fourth-order valence-corrected chi connectivity index (χ4v) is 2.60. The number of halogens is 2. The maximum absolute atomic E-state index is 12.1. The summed E-state index contributed by atoms with van der Waals surface area (Å²) in [6.45, 7) is 1.48. The Hall–Kier alpha value is -2.77. The van der Waals surface area contributed by atoms with Crippen molar-refractivity contribution in [3.05, 3.63) is 58.1 Å². The molecule has 0 atom stereocenters. The minimum Gasteiger partial charge on any atom is -0.482 e. The molecule has 0 spiro atoms. The van der Waals surface area contributed by atoms with E-state index in [1.165, 1.54) is 19.1 Å². The van der Waals surface area contributed by atoms with Gasteiger partial charge in [0.25, 0.3) is 11.8 Å². The maximum Gasteiger partial charge on any atom is 0.308 e. The number of nitrogens with one attached hydrogen (secondary N) is 2. The van der Waals surface area contributed by atoms with Crippen LogP contribution in [-0.4, -0.2) is 37.5 Å². The Labute approximate surface area is 171 Å². The summed E-state index contributed by atoms with van der Waals surface area (Å²) in [6, 6.07) is 10.9. The first-order valence-corrected chi connectivity index (χ1v) is 9.02. The number of ether oxygens (including phenoxy) is 2. The molecule has 7 nitrogen and oxygen atoms in total. The van der Waals surface area contributed by atoms with Gasteiger partial charge in [0.15, 0.2) is 6.61 Å². The van der Waals surface area contributed by atoms with Gasteiger partial charge in [-0.2, -0.15) is 0 Å². The molecule has 0 bridgehead atoms. The van der Waals surface area contributed by atoms with E-state index in [4.69, 9.17) is 32.7 Å². The number of carbonyl (C=O) groups is 3. The topological polar surface area (TPSA) is 93.7 Å².